The molecule has 0 aliphatic carbocycles. The normalized spacial score (nSPS) is 18.1. The maximum Gasteiger partial charge on any atom is 0.338 e. The number of hydrogen-bond donors (Lipinski definition) is 2. The van der Waals surface area contributed by atoms with E-state index in [0.717, 1.165) is 12.1 Å². The minimum atomic E-state index is -1.24. The number of urea groups is 1. The summed E-state index contributed by atoms with van der Waals surface area (Å²) in [4.78, 5) is 23.6. The Morgan fingerprint density at radius 2 is 1.95 bits per heavy atom. The average Bonchev–Trinajstić information content (AvgIpc) is 2.37. The first-order chi connectivity index (χ1) is 9.95. The van der Waals surface area contributed by atoms with Crippen LogP contribution in [-0.4, -0.2) is 18.6 Å². The molecule has 2 N–H and O–H groups in total. The SMILES string of the molecule is CCOC(=O)C1=C(C)NC(=O)N[C@@H]1c1c(F)cccc1F. The Labute approximate surface area is 120 Å². The molecular formula is C14H14F2N2O3. The molecule has 0 spiro atoms. The molecule has 1 aromatic carbocycles. The molecule has 5 nitrogen and oxygen atoms in total. The standard InChI is InChI=1S/C14H14F2N2O3/c1-3-21-13(19)10-7(2)17-14(20)18-12(10)11-8(15)5-4-6-9(11)16/h4-6,12H,3H2,1-2H3,(H2,17,18,20)/t12-/m0/s1. The lowest BCUT2D eigenvalue weighted by atomic mass is 9.94. The molecule has 1 aromatic rings. The van der Waals surface area contributed by atoms with Crippen LogP contribution in [0.25, 0.3) is 0 Å². The molecule has 0 bridgehead atoms. The molecule has 1 aliphatic heterocycles. The molecule has 2 rings (SSSR count). The van der Waals surface area contributed by atoms with Gasteiger partial charge in [0.05, 0.1) is 23.8 Å². The number of halogens is 2. The van der Waals surface area contributed by atoms with Gasteiger partial charge in [0.2, 0.25) is 0 Å². The second-order valence-electron chi connectivity index (χ2n) is 4.43. The summed E-state index contributed by atoms with van der Waals surface area (Å²) in [5, 5.41) is 4.74. The van der Waals surface area contributed by atoms with Crippen LogP contribution in [0.4, 0.5) is 13.6 Å². The summed E-state index contributed by atoms with van der Waals surface area (Å²) >= 11 is 0. The van der Waals surface area contributed by atoms with Crippen LogP contribution in [0, 0.1) is 11.6 Å². The molecule has 0 aromatic heterocycles. The van der Waals surface area contributed by atoms with Crippen LogP contribution in [0.3, 0.4) is 0 Å². The monoisotopic (exact) mass is 296 g/mol. The van der Waals surface area contributed by atoms with E-state index in [0.29, 0.717) is 0 Å². The highest BCUT2D eigenvalue weighted by atomic mass is 19.1. The lowest BCUT2D eigenvalue weighted by Crippen LogP contribution is -2.45. The van der Waals surface area contributed by atoms with Crippen molar-refractivity contribution in [3.63, 3.8) is 0 Å². The van der Waals surface area contributed by atoms with Crippen LogP contribution < -0.4 is 10.6 Å². The molecule has 2 amide bonds. The average molecular weight is 296 g/mol. The van der Waals surface area contributed by atoms with Gasteiger partial charge in [0.1, 0.15) is 11.6 Å². The summed E-state index contributed by atoms with van der Waals surface area (Å²) in [6, 6.07) is 1.44. The van der Waals surface area contributed by atoms with Crippen molar-refractivity contribution < 1.29 is 23.1 Å². The van der Waals surface area contributed by atoms with Crippen LogP contribution in [-0.2, 0) is 9.53 Å². The zero-order valence-corrected chi connectivity index (χ0v) is 11.5. The van der Waals surface area contributed by atoms with Gasteiger partial charge in [-0.15, -0.1) is 0 Å². The number of hydrogen-bond acceptors (Lipinski definition) is 3. The lowest BCUT2D eigenvalue weighted by molar-refractivity contribution is -0.139. The Bertz CT molecular complexity index is 608. The molecule has 1 heterocycles. The van der Waals surface area contributed by atoms with E-state index in [1.54, 1.807) is 6.92 Å². The minimum Gasteiger partial charge on any atom is -0.463 e. The van der Waals surface area contributed by atoms with Gasteiger partial charge in [-0.3, -0.25) is 0 Å². The molecule has 7 heteroatoms. The van der Waals surface area contributed by atoms with E-state index in [1.807, 2.05) is 0 Å². The molecule has 0 unspecified atom stereocenters. The van der Waals surface area contributed by atoms with Crippen LogP contribution in [0.5, 0.6) is 0 Å². The molecule has 0 fully saturated rings. The van der Waals surface area contributed by atoms with Gasteiger partial charge in [0.15, 0.2) is 0 Å². The summed E-state index contributed by atoms with van der Waals surface area (Å²) in [6.45, 7) is 3.19. The van der Waals surface area contributed by atoms with Crippen molar-refractivity contribution in [2.24, 2.45) is 0 Å². The van der Waals surface area contributed by atoms with Crippen molar-refractivity contribution in [2.75, 3.05) is 6.61 Å². The summed E-state index contributed by atoms with van der Waals surface area (Å²) in [5.74, 6) is -2.44. The maximum absolute atomic E-state index is 13.9. The van der Waals surface area contributed by atoms with Crippen molar-refractivity contribution >= 4 is 12.0 Å². The van der Waals surface area contributed by atoms with Crippen molar-refractivity contribution in [1.29, 1.82) is 0 Å². The summed E-state index contributed by atoms with van der Waals surface area (Å²) in [7, 11) is 0. The number of allylic oxidation sites excluding steroid dienone is 1. The Kier molecular flexibility index (Phi) is 4.21. The molecule has 0 radical (unpaired) electrons. The summed E-state index contributed by atoms with van der Waals surface area (Å²) in [5.41, 5.74) is -0.222. The lowest BCUT2D eigenvalue weighted by Gasteiger charge is -2.28. The number of benzene rings is 1. The number of ether oxygens (including phenoxy) is 1. The third-order valence-corrected chi connectivity index (χ3v) is 3.05. The molecule has 21 heavy (non-hydrogen) atoms. The highest BCUT2D eigenvalue weighted by Gasteiger charge is 2.35. The van der Waals surface area contributed by atoms with Crippen LogP contribution >= 0.6 is 0 Å². The first-order valence-electron chi connectivity index (χ1n) is 6.35. The molecule has 1 aliphatic rings. The van der Waals surface area contributed by atoms with E-state index in [-0.39, 0.29) is 17.9 Å². The fraction of sp³-hybridized carbons (Fsp3) is 0.286. The largest absolute Gasteiger partial charge is 0.463 e. The third-order valence-electron chi connectivity index (χ3n) is 3.05. The summed E-state index contributed by atoms with van der Waals surface area (Å²) < 4.78 is 32.7. The van der Waals surface area contributed by atoms with Gasteiger partial charge in [0.25, 0.3) is 0 Å². The second kappa shape index (κ2) is 5.90. The van der Waals surface area contributed by atoms with Gasteiger partial charge in [-0.2, -0.15) is 0 Å². The minimum absolute atomic E-state index is 0.0274. The number of esters is 1. The predicted molar refractivity (Wildman–Crippen MR) is 70.1 cm³/mol. The maximum atomic E-state index is 13.9. The van der Waals surface area contributed by atoms with Crippen molar-refractivity contribution in [3.05, 3.63) is 46.7 Å². The molecule has 0 saturated carbocycles. The van der Waals surface area contributed by atoms with Crippen LogP contribution in [0.15, 0.2) is 29.5 Å². The van der Waals surface area contributed by atoms with Crippen LogP contribution in [0.1, 0.15) is 25.5 Å². The quantitative estimate of drug-likeness (QED) is 0.840. The Morgan fingerprint density at radius 3 is 2.52 bits per heavy atom. The van der Waals surface area contributed by atoms with Crippen LogP contribution in [0.2, 0.25) is 0 Å². The fourth-order valence-electron chi connectivity index (χ4n) is 2.18. The number of rotatable bonds is 3. The van der Waals surface area contributed by atoms with Gasteiger partial charge in [-0.05, 0) is 26.0 Å². The van der Waals surface area contributed by atoms with Gasteiger partial charge in [-0.25, -0.2) is 18.4 Å². The zero-order chi connectivity index (χ0) is 15.6. The Balaban J connectivity index is 2.55. The van der Waals surface area contributed by atoms with E-state index in [1.165, 1.54) is 13.0 Å². The van der Waals surface area contributed by atoms with E-state index >= 15 is 0 Å². The van der Waals surface area contributed by atoms with Gasteiger partial charge in [0, 0.05) is 5.70 Å². The molecule has 0 saturated heterocycles. The van der Waals surface area contributed by atoms with Gasteiger partial charge >= 0.3 is 12.0 Å². The molecular weight excluding hydrogens is 282 g/mol. The fourth-order valence-corrected chi connectivity index (χ4v) is 2.18. The zero-order valence-electron chi connectivity index (χ0n) is 11.5. The summed E-state index contributed by atoms with van der Waals surface area (Å²) in [6.07, 6.45) is 0. The number of carbonyl (C=O) groups is 2. The molecule has 112 valence electrons. The number of amides is 2. The highest BCUT2D eigenvalue weighted by Crippen LogP contribution is 2.31. The van der Waals surface area contributed by atoms with Crippen molar-refractivity contribution in [1.82, 2.24) is 10.6 Å². The van der Waals surface area contributed by atoms with Gasteiger partial charge < -0.3 is 15.4 Å². The second-order valence-corrected chi connectivity index (χ2v) is 4.43. The van der Waals surface area contributed by atoms with Crippen molar-refractivity contribution in [2.45, 2.75) is 19.9 Å². The Morgan fingerprint density at radius 1 is 1.33 bits per heavy atom. The first kappa shape index (κ1) is 15.0. The van der Waals surface area contributed by atoms with E-state index in [9.17, 15) is 18.4 Å². The number of nitrogens with one attached hydrogen (secondary N) is 2. The number of carbonyl (C=O) groups excluding carboxylic acids is 2. The van der Waals surface area contributed by atoms with E-state index in [2.05, 4.69) is 10.6 Å². The Hall–Kier alpha value is -2.44. The topological polar surface area (TPSA) is 67.4 Å². The molecule has 1 atom stereocenters. The van der Waals surface area contributed by atoms with Gasteiger partial charge in [-0.1, -0.05) is 6.07 Å². The smallest absolute Gasteiger partial charge is 0.338 e. The van der Waals surface area contributed by atoms with Crippen molar-refractivity contribution in [3.8, 4) is 0 Å². The highest BCUT2D eigenvalue weighted by molar-refractivity contribution is 5.95. The van der Waals surface area contributed by atoms with E-state index in [4.69, 9.17) is 4.74 Å². The predicted octanol–water partition coefficient (Wildman–Crippen LogP) is 2.16. The third kappa shape index (κ3) is 2.86. The van der Waals surface area contributed by atoms with E-state index < -0.39 is 35.2 Å². The first-order valence-corrected chi connectivity index (χ1v) is 6.35.